The van der Waals surface area contributed by atoms with E-state index in [9.17, 15) is 4.79 Å². The average molecular weight is 371 g/mol. The Balaban J connectivity index is 1.57. The molecule has 0 radical (unpaired) electrons. The third-order valence-corrected chi connectivity index (χ3v) is 6.31. The molecule has 1 atom stereocenters. The van der Waals surface area contributed by atoms with Gasteiger partial charge in [0, 0.05) is 24.7 Å². The maximum Gasteiger partial charge on any atom is 0.228 e. The summed E-state index contributed by atoms with van der Waals surface area (Å²) in [5, 5.41) is 9.66. The van der Waals surface area contributed by atoms with Gasteiger partial charge in [0.2, 0.25) is 5.95 Å². The van der Waals surface area contributed by atoms with Crippen molar-refractivity contribution in [1.82, 2.24) is 14.8 Å². The van der Waals surface area contributed by atoms with Gasteiger partial charge < -0.3 is 4.90 Å². The SMILES string of the molecule is Cc1ccc(C)c(C(=O)C(C)Sc2nnc(N3CCCC3)n2C2CC2)c1. The van der Waals surface area contributed by atoms with Crippen molar-refractivity contribution in [3.63, 3.8) is 0 Å². The zero-order valence-corrected chi connectivity index (χ0v) is 16.6. The van der Waals surface area contributed by atoms with Crippen molar-refractivity contribution >= 4 is 23.5 Å². The third kappa shape index (κ3) is 3.39. The van der Waals surface area contributed by atoms with Crippen LogP contribution in [-0.4, -0.2) is 38.9 Å². The van der Waals surface area contributed by atoms with E-state index in [2.05, 4.69) is 25.7 Å². The van der Waals surface area contributed by atoms with Crippen LogP contribution in [0.4, 0.5) is 5.95 Å². The number of carbonyl (C=O) groups excluding carboxylic acids is 1. The number of nitrogens with zero attached hydrogens (tertiary/aromatic N) is 4. The third-order valence-electron chi connectivity index (χ3n) is 5.26. The lowest BCUT2D eigenvalue weighted by Crippen LogP contribution is -2.22. The van der Waals surface area contributed by atoms with Gasteiger partial charge >= 0.3 is 0 Å². The molecule has 2 aliphatic rings. The highest BCUT2D eigenvalue weighted by atomic mass is 32.2. The average Bonchev–Trinajstić information content (AvgIpc) is 3.15. The van der Waals surface area contributed by atoms with Crippen LogP contribution in [0.3, 0.4) is 0 Å². The van der Waals surface area contributed by atoms with Gasteiger partial charge in [0.05, 0.1) is 5.25 Å². The Labute approximate surface area is 159 Å². The fourth-order valence-corrected chi connectivity index (χ4v) is 4.55. The van der Waals surface area contributed by atoms with E-state index in [1.807, 2.05) is 32.9 Å². The highest BCUT2D eigenvalue weighted by Gasteiger charge is 2.33. The zero-order valence-electron chi connectivity index (χ0n) is 15.7. The summed E-state index contributed by atoms with van der Waals surface area (Å²) < 4.78 is 2.28. The lowest BCUT2D eigenvalue weighted by atomic mass is 10.0. The molecular weight excluding hydrogens is 344 g/mol. The second kappa shape index (κ2) is 7.06. The summed E-state index contributed by atoms with van der Waals surface area (Å²) in [6.45, 7) is 8.14. The molecule has 1 unspecified atom stereocenters. The van der Waals surface area contributed by atoms with Crippen molar-refractivity contribution in [1.29, 1.82) is 0 Å². The standard InChI is InChI=1S/C20H26N4OS/c1-13-6-7-14(2)17(12-13)18(25)15(3)26-20-22-21-19(23-10-4-5-11-23)24(20)16-8-9-16/h6-7,12,15-16H,4-5,8-11H2,1-3H3. The molecule has 1 saturated carbocycles. The Hall–Kier alpha value is -1.82. The monoisotopic (exact) mass is 370 g/mol. The second-order valence-electron chi connectivity index (χ2n) is 7.52. The Bertz CT molecular complexity index is 821. The fraction of sp³-hybridized carbons (Fsp3) is 0.550. The maximum absolute atomic E-state index is 13.0. The van der Waals surface area contributed by atoms with E-state index in [0.717, 1.165) is 40.9 Å². The molecule has 1 aliphatic heterocycles. The van der Waals surface area contributed by atoms with Crippen molar-refractivity contribution in [2.24, 2.45) is 0 Å². The second-order valence-corrected chi connectivity index (χ2v) is 8.83. The van der Waals surface area contributed by atoms with Gasteiger partial charge in [0.15, 0.2) is 10.9 Å². The quantitative estimate of drug-likeness (QED) is 0.564. The molecule has 0 amide bonds. The maximum atomic E-state index is 13.0. The van der Waals surface area contributed by atoms with Gasteiger partial charge in [-0.3, -0.25) is 9.36 Å². The Morgan fingerprint density at radius 1 is 1.19 bits per heavy atom. The molecule has 2 fully saturated rings. The first-order chi connectivity index (χ1) is 12.5. The van der Waals surface area contributed by atoms with Gasteiger partial charge in [0.1, 0.15) is 0 Å². The Kier molecular flexibility index (Phi) is 4.78. The fourth-order valence-electron chi connectivity index (χ4n) is 3.57. The van der Waals surface area contributed by atoms with Crippen LogP contribution in [0.1, 0.15) is 60.1 Å². The molecule has 2 heterocycles. The molecule has 1 saturated heterocycles. The van der Waals surface area contributed by atoms with E-state index < -0.39 is 0 Å². The van der Waals surface area contributed by atoms with Crippen molar-refractivity contribution < 1.29 is 4.79 Å². The molecule has 4 rings (SSSR count). The number of thioether (sulfide) groups is 1. The topological polar surface area (TPSA) is 51.0 Å². The minimum absolute atomic E-state index is 0.171. The van der Waals surface area contributed by atoms with Crippen molar-refractivity contribution in [2.75, 3.05) is 18.0 Å². The predicted octanol–water partition coefficient (Wildman–Crippen LogP) is 4.19. The van der Waals surface area contributed by atoms with Crippen molar-refractivity contribution in [2.45, 2.75) is 62.9 Å². The van der Waals surface area contributed by atoms with Crippen molar-refractivity contribution in [3.05, 3.63) is 34.9 Å². The van der Waals surface area contributed by atoms with E-state index in [1.54, 1.807) is 11.8 Å². The number of ketones is 1. The normalized spacial score (nSPS) is 18.3. The number of aryl methyl sites for hydroxylation is 2. The molecule has 1 aromatic heterocycles. The summed E-state index contributed by atoms with van der Waals surface area (Å²) in [6, 6.07) is 6.58. The van der Waals surface area contributed by atoms with Gasteiger partial charge in [0.25, 0.3) is 0 Å². The first kappa shape index (κ1) is 17.6. The number of rotatable bonds is 6. The zero-order chi connectivity index (χ0) is 18.3. The number of carbonyl (C=O) groups is 1. The molecule has 1 aliphatic carbocycles. The van der Waals surface area contributed by atoms with E-state index in [-0.39, 0.29) is 11.0 Å². The molecule has 0 spiro atoms. The number of anilines is 1. The summed E-state index contributed by atoms with van der Waals surface area (Å²) in [6.07, 6.45) is 4.82. The van der Waals surface area contributed by atoms with Crippen LogP contribution in [0.5, 0.6) is 0 Å². The first-order valence-corrected chi connectivity index (χ1v) is 10.4. The lowest BCUT2D eigenvalue weighted by molar-refractivity contribution is 0.0993. The number of hydrogen-bond acceptors (Lipinski definition) is 5. The minimum atomic E-state index is -0.177. The van der Waals surface area contributed by atoms with Crippen molar-refractivity contribution in [3.8, 4) is 0 Å². The highest BCUT2D eigenvalue weighted by molar-refractivity contribution is 8.00. The summed E-state index contributed by atoms with van der Waals surface area (Å²) in [4.78, 5) is 15.3. The minimum Gasteiger partial charge on any atom is -0.341 e. The van der Waals surface area contributed by atoms with E-state index in [4.69, 9.17) is 0 Å². The van der Waals surface area contributed by atoms with E-state index in [0.29, 0.717) is 6.04 Å². The van der Waals surface area contributed by atoms with Crippen LogP contribution in [-0.2, 0) is 0 Å². The number of hydrogen-bond donors (Lipinski definition) is 0. The molecule has 0 bridgehead atoms. The summed E-state index contributed by atoms with van der Waals surface area (Å²) in [7, 11) is 0. The molecular formula is C20H26N4OS. The molecule has 138 valence electrons. The highest BCUT2D eigenvalue weighted by Crippen LogP contribution is 2.42. The van der Waals surface area contributed by atoms with E-state index >= 15 is 0 Å². The molecule has 0 N–H and O–H groups in total. The number of Topliss-reactive ketones (excluding diaryl/α,β-unsaturated/α-hetero) is 1. The summed E-state index contributed by atoms with van der Waals surface area (Å²) >= 11 is 1.55. The van der Waals surface area contributed by atoms with Crippen LogP contribution >= 0.6 is 11.8 Å². The molecule has 5 nitrogen and oxygen atoms in total. The first-order valence-electron chi connectivity index (χ1n) is 9.52. The van der Waals surface area contributed by atoms with Crippen LogP contribution in [0, 0.1) is 13.8 Å². The Morgan fingerprint density at radius 3 is 2.62 bits per heavy atom. The van der Waals surface area contributed by atoms with Crippen LogP contribution < -0.4 is 4.90 Å². The molecule has 1 aromatic carbocycles. The van der Waals surface area contributed by atoms with E-state index in [1.165, 1.54) is 25.7 Å². The Morgan fingerprint density at radius 2 is 1.92 bits per heavy atom. The molecule has 26 heavy (non-hydrogen) atoms. The predicted molar refractivity (Wildman–Crippen MR) is 105 cm³/mol. The smallest absolute Gasteiger partial charge is 0.228 e. The van der Waals surface area contributed by atoms with Gasteiger partial charge in [-0.25, -0.2) is 0 Å². The summed E-state index contributed by atoms with van der Waals surface area (Å²) in [5.74, 6) is 1.17. The van der Waals surface area contributed by atoms with Gasteiger partial charge in [-0.05, 0) is 58.1 Å². The van der Waals surface area contributed by atoms with Crippen LogP contribution in [0.15, 0.2) is 23.4 Å². The van der Waals surface area contributed by atoms with Crippen LogP contribution in [0.2, 0.25) is 0 Å². The van der Waals surface area contributed by atoms with Crippen LogP contribution in [0.25, 0.3) is 0 Å². The molecule has 2 aromatic rings. The number of benzene rings is 1. The summed E-state index contributed by atoms with van der Waals surface area (Å²) in [5.41, 5.74) is 2.98. The number of aromatic nitrogens is 3. The van der Waals surface area contributed by atoms with Gasteiger partial charge in [-0.2, -0.15) is 0 Å². The lowest BCUT2D eigenvalue weighted by Gasteiger charge is -2.18. The largest absolute Gasteiger partial charge is 0.341 e. The van der Waals surface area contributed by atoms with Gasteiger partial charge in [-0.1, -0.05) is 29.5 Å². The molecule has 6 heteroatoms. The van der Waals surface area contributed by atoms with Gasteiger partial charge in [-0.15, -0.1) is 10.2 Å².